The highest BCUT2D eigenvalue weighted by molar-refractivity contribution is 5.76. The van der Waals surface area contributed by atoms with Crippen LogP contribution in [0.15, 0.2) is 12.1 Å². The summed E-state index contributed by atoms with van der Waals surface area (Å²) in [4.78, 5) is 15.7. The monoisotopic (exact) mass is 308 g/mol. The molecule has 0 aliphatic heterocycles. The molecule has 124 valence electrons. The number of aliphatic carboxylic acids is 1. The zero-order chi connectivity index (χ0) is 16.9. The van der Waals surface area contributed by atoms with Crippen LogP contribution < -0.4 is 4.74 Å². The van der Waals surface area contributed by atoms with Gasteiger partial charge in [-0.1, -0.05) is 12.1 Å². The Kier molecular flexibility index (Phi) is 6.84. The number of carboxylic acids is 1. The molecule has 0 amide bonds. The summed E-state index contributed by atoms with van der Waals surface area (Å²) in [6, 6.07) is 3.19. The molecule has 0 saturated heterocycles. The van der Waals surface area contributed by atoms with E-state index in [0.29, 0.717) is 0 Å². The van der Waals surface area contributed by atoms with Gasteiger partial charge in [-0.25, -0.2) is 0 Å². The lowest BCUT2D eigenvalue weighted by Gasteiger charge is -2.26. The van der Waals surface area contributed by atoms with Crippen LogP contribution in [0.5, 0.6) is 5.75 Å². The Bertz CT molecular complexity index is 492. The molecule has 0 heterocycles. The van der Waals surface area contributed by atoms with Crippen molar-refractivity contribution in [1.29, 1.82) is 0 Å². The number of rotatable bonds is 8. The minimum atomic E-state index is -0.823. The van der Waals surface area contributed by atoms with Crippen molar-refractivity contribution < 1.29 is 14.6 Å². The summed E-state index contributed by atoms with van der Waals surface area (Å²) in [5.41, 5.74) is 2.73. The molecule has 0 unspecified atom stereocenters. The third-order valence-electron chi connectivity index (χ3n) is 3.79. The maximum Gasteiger partial charge on any atom is 0.325 e. The normalized spacial score (nSPS) is 12.7. The maximum atomic E-state index is 11.7. The number of aryl methyl sites for hydroxylation is 2. The van der Waals surface area contributed by atoms with Crippen molar-refractivity contribution in [3.63, 3.8) is 0 Å². The highest BCUT2D eigenvalue weighted by Crippen LogP contribution is 2.29. The second kappa shape index (κ2) is 8.15. The number of likely N-dealkylation sites (N-methyl/N-ethyl adjacent to an activating group) is 1. The van der Waals surface area contributed by atoms with Crippen LogP contribution in [0.1, 0.15) is 29.2 Å². The summed E-state index contributed by atoms with van der Waals surface area (Å²) in [5.74, 6) is -0.000491. The number of benzene rings is 1. The van der Waals surface area contributed by atoms with E-state index in [0.717, 1.165) is 42.0 Å². The molecule has 0 fully saturated rings. The van der Waals surface area contributed by atoms with Crippen LogP contribution in [0.2, 0.25) is 0 Å². The molecule has 0 aliphatic carbocycles. The van der Waals surface area contributed by atoms with Crippen molar-refractivity contribution in [2.24, 2.45) is 0 Å². The molecule has 22 heavy (non-hydrogen) atoms. The third-order valence-corrected chi connectivity index (χ3v) is 3.79. The van der Waals surface area contributed by atoms with Crippen molar-refractivity contribution in [3.8, 4) is 5.75 Å². The van der Waals surface area contributed by atoms with Gasteiger partial charge in [-0.3, -0.25) is 9.69 Å². The van der Waals surface area contributed by atoms with E-state index in [4.69, 9.17) is 4.74 Å². The number of hydrogen-bond acceptors (Lipinski definition) is 4. The molecule has 0 radical (unpaired) electrons. The molecule has 5 heteroatoms. The first-order chi connectivity index (χ1) is 10.3. The summed E-state index contributed by atoms with van der Waals surface area (Å²) in [6.45, 7) is 5.57. The van der Waals surface area contributed by atoms with Gasteiger partial charge < -0.3 is 14.7 Å². The van der Waals surface area contributed by atoms with Crippen LogP contribution in [0.25, 0.3) is 0 Å². The Hall–Kier alpha value is -1.59. The van der Waals surface area contributed by atoms with Crippen LogP contribution >= 0.6 is 0 Å². The molecule has 1 aromatic carbocycles. The molecule has 1 rings (SSSR count). The summed E-state index contributed by atoms with van der Waals surface area (Å²) < 4.78 is 5.36. The largest absolute Gasteiger partial charge is 0.496 e. The van der Waals surface area contributed by atoms with E-state index < -0.39 is 12.0 Å². The van der Waals surface area contributed by atoms with Gasteiger partial charge in [-0.05, 0) is 64.6 Å². The number of carbonyl (C=O) groups is 1. The van der Waals surface area contributed by atoms with Gasteiger partial charge in [0, 0.05) is 6.54 Å². The molecule has 0 aromatic heterocycles. The van der Waals surface area contributed by atoms with Gasteiger partial charge in [0.15, 0.2) is 0 Å². The molecule has 0 spiro atoms. The quantitative estimate of drug-likeness (QED) is 0.799. The van der Waals surface area contributed by atoms with E-state index in [9.17, 15) is 9.90 Å². The number of carboxylic acid groups (broad SMARTS) is 1. The molecule has 1 aromatic rings. The molecule has 5 nitrogen and oxygen atoms in total. The van der Waals surface area contributed by atoms with Gasteiger partial charge in [-0.15, -0.1) is 0 Å². The van der Waals surface area contributed by atoms with Crippen LogP contribution in [-0.4, -0.2) is 62.2 Å². The van der Waals surface area contributed by atoms with E-state index in [1.54, 1.807) is 7.11 Å². The van der Waals surface area contributed by atoms with Gasteiger partial charge in [0.25, 0.3) is 0 Å². The number of nitrogens with zero attached hydrogens (tertiary/aromatic N) is 2. The van der Waals surface area contributed by atoms with Gasteiger partial charge in [-0.2, -0.15) is 0 Å². The topological polar surface area (TPSA) is 53.0 Å². The summed E-state index contributed by atoms with van der Waals surface area (Å²) in [7, 11) is 7.54. The highest BCUT2D eigenvalue weighted by Gasteiger charge is 2.25. The fourth-order valence-corrected chi connectivity index (χ4v) is 2.81. The highest BCUT2D eigenvalue weighted by atomic mass is 16.5. The van der Waals surface area contributed by atoms with E-state index in [-0.39, 0.29) is 0 Å². The van der Waals surface area contributed by atoms with Gasteiger partial charge >= 0.3 is 5.97 Å². The fraction of sp³-hybridized carbons (Fsp3) is 0.588. The van der Waals surface area contributed by atoms with E-state index >= 15 is 0 Å². The fourth-order valence-electron chi connectivity index (χ4n) is 2.81. The predicted molar refractivity (Wildman–Crippen MR) is 88.6 cm³/mol. The predicted octanol–water partition coefficient (Wildman–Crippen LogP) is 2.32. The molecule has 1 N–H and O–H groups in total. The number of hydrogen-bond donors (Lipinski definition) is 1. The molecule has 0 aliphatic rings. The summed E-state index contributed by atoms with van der Waals surface area (Å²) >= 11 is 0. The Balaban J connectivity index is 2.98. The Labute approximate surface area is 133 Å². The van der Waals surface area contributed by atoms with E-state index in [2.05, 4.69) is 4.90 Å². The molecule has 1 atom stereocenters. The molecule has 0 bridgehead atoms. The second-order valence-electron chi connectivity index (χ2n) is 6.07. The SMILES string of the molecule is COc1c(C)cc([C@H](C(=O)O)N(C)CCCN(C)C)cc1C. The second-order valence-corrected chi connectivity index (χ2v) is 6.07. The average molecular weight is 308 g/mol. The van der Waals surface area contributed by atoms with Crippen molar-refractivity contribution in [2.45, 2.75) is 26.3 Å². The van der Waals surface area contributed by atoms with Gasteiger partial charge in [0.05, 0.1) is 7.11 Å². The zero-order valence-corrected chi connectivity index (χ0v) is 14.5. The van der Waals surface area contributed by atoms with E-state index in [1.165, 1.54) is 0 Å². The van der Waals surface area contributed by atoms with Crippen LogP contribution in [0, 0.1) is 13.8 Å². The molecular formula is C17H28N2O3. The lowest BCUT2D eigenvalue weighted by Crippen LogP contribution is -2.33. The Morgan fingerprint density at radius 2 is 1.73 bits per heavy atom. The zero-order valence-electron chi connectivity index (χ0n) is 14.5. The number of ether oxygens (including phenoxy) is 1. The molecule has 0 saturated carbocycles. The van der Waals surface area contributed by atoms with Gasteiger partial charge in [0.2, 0.25) is 0 Å². The van der Waals surface area contributed by atoms with E-state index in [1.807, 2.05) is 52.0 Å². The molecular weight excluding hydrogens is 280 g/mol. The van der Waals surface area contributed by atoms with Crippen LogP contribution in [0.4, 0.5) is 0 Å². The standard InChI is InChI=1S/C17H28N2O3/c1-12-10-14(11-13(2)16(12)22-6)15(17(20)21)19(5)9-7-8-18(3)4/h10-11,15H,7-9H2,1-6H3,(H,20,21)/t15-/m1/s1. The van der Waals surface area contributed by atoms with Crippen molar-refractivity contribution >= 4 is 5.97 Å². The van der Waals surface area contributed by atoms with Gasteiger partial charge in [0.1, 0.15) is 11.8 Å². The van der Waals surface area contributed by atoms with Crippen LogP contribution in [0.3, 0.4) is 0 Å². The maximum absolute atomic E-state index is 11.7. The first kappa shape index (κ1) is 18.5. The first-order valence-electron chi connectivity index (χ1n) is 7.50. The lowest BCUT2D eigenvalue weighted by atomic mass is 9.99. The summed E-state index contributed by atoms with van der Waals surface area (Å²) in [5, 5.41) is 9.63. The Morgan fingerprint density at radius 3 is 2.14 bits per heavy atom. The average Bonchev–Trinajstić information content (AvgIpc) is 2.37. The smallest absolute Gasteiger partial charge is 0.325 e. The van der Waals surface area contributed by atoms with Crippen LogP contribution in [-0.2, 0) is 4.79 Å². The lowest BCUT2D eigenvalue weighted by molar-refractivity contribution is -0.143. The van der Waals surface area contributed by atoms with Crippen molar-refractivity contribution in [3.05, 3.63) is 28.8 Å². The number of methoxy groups -OCH3 is 1. The van der Waals surface area contributed by atoms with Crippen molar-refractivity contribution in [1.82, 2.24) is 9.80 Å². The minimum absolute atomic E-state index is 0.634. The third kappa shape index (κ3) is 4.71. The summed E-state index contributed by atoms with van der Waals surface area (Å²) in [6.07, 6.45) is 0.932. The van der Waals surface area contributed by atoms with Crippen molar-refractivity contribution in [2.75, 3.05) is 41.3 Å². The first-order valence-corrected chi connectivity index (χ1v) is 7.50. The Morgan fingerprint density at radius 1 is 1.18 bits per heavy atom. The minimum Gasteiger partial charge on any atom is -0.496 e.